The molecule has 2 unspecified atom stereocenters. The van der Waals surface area contributed by atoms with Crippen molar-refractivity contribution < 1.29 is 0 Å². The molecule has 0 radical (unpaired) electrons. The Morgan fingerprint density at radius 2 is 2.11 bits per heavy atom. The molecular formula is C15H21N3. The molecule has 2 rings (SSSR count). The Bertz CT molecular complexity index is 510. The highest BCUT2D eigenvalue weighted by molar-refractivity contribution is 5.78. The highest BCUT2D eigenvalue weighted by Crippen LogP contribution is 2.24. The Morgan fingerprint density at radius 3 is 2.83 bits per heavy atom. The van der Waals surface area contributed by atoms with Crippen LogP contribution in [0.2, 0.25) is 0 Å². The van der Waals surface area contributed by atoms with Crippen LogP contribution in [0.5, 0.6) is 0 Å². The van der Waals surface area contributed by atoms with Crippen LogP contribution < -0.4 is 11.3 Å². The van der Waals surface area contributed by atoms with Crippen LogP contribution in [0.15, 0.2) is 36.5 Å². The van der Waals surface area contributed by atoms with Crippen molar-refractivity contribution in [2.45, 2.75) is 32.7 Å². The number of fused-ring (bicyclic) bond motifs is 1. The Balaban J connectivity index is 2.27. The maximum absolute atomic E-state index is 5.67. The molecule has 2 atom stereocenters. The number of aromatic nitrogens is 1. The Morgan fingerprint density at radius 1 is 1.33 bits per heavy atom. The molecule has 0 saturated heterocycles. The topological polar surface area (TPSA) is 50.9 Å². The number of para-hydroxylation sites is 1. The summed E-state index contributed by atoms with van der Waals surface area (Å²) >= 11 is 0. The summed E-state index contributed by atoms with van der Waals surface area (Å²) < 4.78 is 0. The molecule has 0 fully saturated rings. The van der Waals surface area contributed by atoms with Gasteiger partial charge in [-0.15, -0.1) is 0 Å². The van der Waals surface area contributed by atoms with E-state index in [1.54, 1.807) is 0 Å². The maximum atomic E-state index is 5.67. The molecule has 1 aromatic carbocycles. The lowest BCUT2D eigenvalue weighted by Gasteiger charge is -2.19. The monoisotopic (exact) mass is 243 g/mol. The lowest BCUT2D eigenvalue weighted by molar-refractivity contribution is 0.407. The van der Waals surface area contributed by atoms with E-state index in [4.69, 9.17) is 5.84 Å². The fourth-order valence-corrected chi connectivity index (χ4v) is 2.15. The fraction of sp³-hybridized carbons (Fsp3) is 0.400. The zero-order valence-electron chi connectivity index (χ0n) is 11.1. The third-order valence-electron chi connectivity index (χ3n) is 3.55. The van der Waals surface area contributed by atoms with Crippen molar-refractivity contribution in [3.05, 3.63) is 42.1 Å². The zero-order valence-corrected chi connectivity index (χ0v) is 11.1. The van der Waals surface area contributed by atoms with E-state index in [9.17, 15) is 0 Å². The van der Waals surface area contributed by atoms with Crippen LogP contribution >= 0.6 is 0 Å². The van der Waals surface area contributed by atoms with Crippen molar-refractivity contribution in [2.24, 2.45) is 11.8 Å². The molecule has 2 aromatic rings. The van der Waals surface area contributed by atoms with Gasteiger partial charge in [0.25, 0.3) is 0 Å². The summed E-state index contributed by atoms with van der Waals surface area (Å²) in [6.45, 7) is 4.45. The molecule has 0 amide bonds. The van der Waals surface area contributed by atoms with Crippen molar-refractivity contribution in [3.63, 3.8) is 0 Å². The molecule has 0 aliphatic heterocycles. The third kappa shape index (κ3) is 2.86. The zero-order chi connectivity index (χ0) is 13.0. The van der Waals surface area contributed by atoms with Gasteiger partial charge in [0.05, 0.1) is 5.52 Å². The van der Waals surface area contributed by atoms with Gasteiger partial charge in [-0.1, -0.05) is 38.5 Å². The van der Waals surface area contributed by atoms with Crippen molar-refractivity contribution in [1.82, 2.24) is 10.4 Å². The quantitative estimate of drug-likeness (QED) is 0.626. The van der Waals surface area contributed by atoms with E-state index >= 15 is 0 Å². The number of nitrogens with zero attached hydrogens (tertiary/aromatic N) is 1. The van der Waals surface area contributed by atoms with E-state index < -0.39 is 0 Å². The van der Waals surface area contributed by atoms with Crippen LogP contribution in [-0.2, 0) is 0 Å². The van der Waals surface area contributed by atoms with Gasteiger partial charge in [0.2, 0.25) is 0 Å². The average Bonchev–Trinajstić information content (AvgIpc) is 2.44. The van der Waals surface area contributed by atoms with Gasteiger partial charge >= 0.3 is 0 Å². The van der Waals surface area contributed by atoms with Gasteiger partial charge in [-0.05, 0) is 30.0 Å². The van der Waals surface area contributed by atoms with Gasteiger partial charge in [-0.3, -0.25) is 16.3 Å². The second kappa shape index (κ2) is 5.94. The molecule has 0 bridgehead atoms. The minimum Gasteiger partial charge on any atom is -0.271 e. The van der Waals surface area contributed by atoms with Crippen molar-refractivity contribution in [3.8, 4) is 0 Å². The van der Waals surface area contributed by atoms with Gasteiger partial charge in [0, 0.05) is 17.6 Å². The van der Waals surface area contributed by atoms with E-state index in [1.165, 1.54) is 11.8 Å². The Labute approximate surface area is 108 Å². The van der Waals surface area contributed by atoms with E-state index in [2.05, 4.69) is 36.4 Å². The van der Waals surface area contributed by atoms with Gasteiger partial charge < -0.3 is 0 Å². The van der Waals surface area contributed by atoms with E-state index in [1.807, 2.05) is 24.4 Å². The van der Waals surface area contributed by atoms with Crippen LogP contribution in [-0.4, -0.2) is 4.98 Å². The first-order valence-electron chi connectivity index (χ1n) is 6.55. The lowest BCUT2D eigenvalue weighted by Crippen LogP contribution is -2.29. The highest BCUT2D eigenvalue weighted by Gasteiger charge is 2.13. The molecule has 3 nitrogen and oxygen atoms in total. The number of hydrazine groups is 1. The number of hydrogen-bond acceptors (Lipinski definition) is 3. The highest BCUT2D eigenvalue weighted by atomic mass is 15.2. The minimum absolute atomic E-state index is 0.178. The largest absolute Gasteiger partial charge is 0.271 e. The summed E-state index contributed by atoms with van der Waals surface area (Å²) in [5, 5.41) is 1.17. The SMILES string of the molecule is CCC(C)CC(NN)c1cnc2ccccc2c1. The van der Waals surface area contributed by atoms with Gasteiger partial charge in [0.1, 0.15) is 0 Å². The Kier molecular flexibility index (Phi) is 4.28. The van der Waals surface area contributed by atoms with Gasteiger partial charge in [-0.25, -0.2) is 0 Å². The second-order valence-corrected chi connectivity index (χ2v) is 4.93. The number of pyridine rings is 1. The number of nitrogens with one attached hydrogen (secondary N) is 1. The molecule has 1 heterocycles. The third-order valence-corrected chi connectivity index (χ3v) is 3.55. The number of benzene rings is 1. The minimum atomic E-state index is 0.178. The molecule has 0 saturated carbocycles. The van der Waals surface area contributed by atoms with Crippen molar-refractivity contribution in [2.75, 3.05) is 0 Å². The molecule has 18 heavy (non-hydrogen) atoms. The normalized spacial score (nSPS) is 14.6. The molecule has 3 heteroatoms. The second-order valence-electron chi connectivity index (χ2n) is 4.93. The van der Waals surface area contributed by atoms with Crippen LogP contribution in [0.3, 0.4) is 0 Å². The predicted octanol–water partition coefficient (Wildman–Crippen LogP) is 3.18. The first kappa shape index (κ1) is 13.0. The molecule has 96 valence electrons. The first-order valence-corrected chi connectivity index (χ1v) is 6.55. The smallest absolute Gasteiger partial charge is 0.0702 e. The number of hydrogen-bond donors (Lipinski definition) is 2. The van der Waals surface area contributed by atoms with Crippen LogP contribution in [0.25, 0.3) is 10.9 Å². The fourth-order valence-electron chi connectivity index (χ4n) is 2.15. The van der Waals surface area contributed by atoms with Crippen LogP contribution in [0.4, 0.5) is 0 Å². The van der Waals surface area contributed by atoms with Gasteiger partial charge in [0.15, 0.2) is 0 Å². The van der Waals surface area contributed by atoms with Crippen LogP contribution in [0.1, 0.15) is 38.3 Å². The van der Waals surface area contributed by atoms with E-state index in [-0.39, 0.29) is 6.04 Å². The molecule has 0 spiro atoms. The first-order chi connectivity index (χ1) is 8.74. The summed E-state index contributed by atoms with van der Waals surface area (Å²) in [6.07, 6.45) is 4.13. The molecule has 3 N–H and O–H groups in total. The summed E-state index contributed by atoms with van der Waals surface area (Å²) in [5.41, 5.74) is 5.10. The molecular weight excluding hydrogens is 222 g/mol. The van der Waals surface area contributed by atoms with E-state index in [0.717, 1.165) is 17.5 Å². The summed E-state index contributed by atoms with van der Waals surface area (Å²) in [7, 11) is 0. The van der Waals surface area contributed by atoms with Gasteiger partial charge in [-0.2, -0.15) is 0 Å². The average molecular weight is 243 g/mol. The lowest BCUT2D eigenvalue weighted by atomic mass is 9.95. The number of nitrogens with two attached hydrogens (primary N) is 1. The molecule has 1 aromatic heterocycles. The van der Waals surface area contributed by atoms with Crippen molar-refractivity contribution in [1.29, 1.82) is 0 Å². The predicted molar refractivity (Wildman–Crippen MR) is 75.9 cm³/mol. The summed E-state index contributed by atoms with van der Waals surface area (Å²) in [5.74, 6) is 6.32. The van der Waals surface area contributed by atoms with Crippen molar-refractivity contribution >= 4 is 10.9 Å². The summed E-state index contributed by atoms with van der Waals surface area (Å²) in [6, 6.07) is 10.5. The molecule has 0 aliphatic carbocycles. The molecule has 0 aliphatic rings. The van der Waals surface area contributed by atoms with Crippen LogP contribution in [0, 0.1) is 5.92 Å². The van der Waals surface area contributed by atoms with E-state index in [0.29, 0.717) is 5.92 Å². The standard InChI is InChI=1S/C15H21N3/c1-3-11(2)8-15(18-16)13-9-12-6-4-5-7-14(12)17-10-13/h4-7,9-11,15,18H,3,8,16H2,1-2H3. The summed E-state index contributed by atoms with van der Waals surface area (Å²) in [4.78, 5) is 4.49. The number of rotatable bonds is 5. The Hall–Kier alpha value is -1.45. The maximum Gasteiger partial charge on any atom is 0.0702 e.